The molecule has 1 aliphatic heterocycles. The standard InChI is InChI=1S/C30H24ClN3O5S2/c1-16-8-9-17(2)21(14-16)25(35)23-24(18-10-12-19(13-11-18)28(38)39-3)34(27(37)26(23)36)29-32-33-30(41-29)40-15-20-6-4-5-7-22(20)31/h4-14,24,35H,15H2,1-3H3/b25-23+. The minimum atomic E-state index is -1.00. The summed E-state index contributed by atoms with van der Waals surface area (Å²) >= 11 is 8.85. The summed E-state index contributed by atoms with van der Waals surface area (Å²) in [4.78, 5) is 40.3. The largest absolute Gasteiger partial charge is 0.507 e. The van der Waals surface area contributed by atoms with Crippen LogP contribution in [0.3, 0.4) is 0 Å². The number of carbonyl (C=O) groups excluding carboxylic acids is 3. The van der Waals surface area contributed by atoms with Crippen LogP contribution in [0.25, 0.3) is 5.76 Å². The topological polar surface area (TPSA) is 110 Å². The van der Waals surface area contributed by atoms with E-state index in [-0.39, 0.29) is 16.5 Å². The summed E-state index contributed by atoms with van der Waals surface area (Å²) in [6, 6.07) is 18.3. The predicted octanol–water partition coefficient (Wildman–Crippen LogP) is 6.51. The van der Waals surface area contributed by atoms with E-state index < -0.39 is 23.7 Å². The van der Waals surface area contributed by atoms with Crippen molar-refractivity contribution < 1.29 is 24.2 Å². The average molecular weight is 606 g/mol. The normalized spacial score (nSPS) is 16.3. The highest BCUT2D eigenvalue weighted by Gasteiger charge is 2.48. The summed E-state index contributed by atoms with van der Waals surface area (Å²) in [7, 11) is 1.28. The molecular formula is C30H24ClN3O5S2. The van der Waals surface area contributed by atoms with Crippen molar-refractivity contribution in [2.75, 3.05) is 12.0 Å². The Kier molecular flexibility index (Phi) is 8.25. The minimum absolute atomic E-state index is 0.0741. The molecule has 1 aliphatic rings. The van der Waals surface area contributed by atoms with Crippen molar-refractivity contribution in [1.82, 2.24) is 10.2 Å². The Morgan fingerprint density at radius 1 is 1.07 bits per heavy atom. The molecule has 1 amide bonds. The van der Waals surface area contributed by atoms with E-state index in [2.05, 4.69) is 10.2 Å². The van der Waals surface area contributed by atoms with Crippen molar-refractivity contribution in [2.45, 2.75) is 30.0 Å². The molecule has 0 radical (unpaired) electrons. The van der Waals surface area contributed by atoms with Crippen LogP contribution in [0.15, 0.2) is 76.6 Å². The summed E-state index contributed by atoms with van der Waals surface area (Å²) in [6.45, 7) is 3.69. The van der Waals surface area contributed by atoms with Crippen molar-refractivity contribution in [2.24, 2.45) is 0 Å². The van der Waals surface area contributed by atoms with E-state index in [4.69, 9.17) is 16.3 Å². The monoisotopic (exact) mass is 605 g/mol. The summed E-state index contributed by atoms with van der Waals surface area (Å²) < 4.78 is 5.38. The van der Waals surface area contributed by atoms with E-state index in [0.29, 0.717) is 31.8 Å². The smallest absolute Gasteiger partial charge is 0.337 e. The summed E-state index contributed by atoms with van der Waals surface area (Å²) in [5, 5.41) is 20.8. The molecule has 1 atom stereocenters. The summed E-state index contributed by atoms with van der Waals surface area (Å²) in [5.74, 6) is -1.95. The van der Waals surface area contributed by atoms with Crippen LogP contribution in [0.4, 0.5) is 5.13 Å². The molecule has 2 heterocycles. The van der Waals surface area contributed by atoms with Crippen LogP contribution in [-0.2, 0) is 20.1 Å². The van der Waals surface area contributed by atoms with Gasteiger partial charge in [-0.15, -0.1) is 10.2 Å². The molecule has 4 aromatic rings. The van der Waals surface area contributed by atoms with E-state index in [1.807, 2.05) is 50.2 Å². The van der Waals surface area contributed by atoms with E-state index in [9.17, 15) is 19.5 Å². The Morgan fingerprint density at radius 3 is 2.51 bits per heavy atom. The molecule has 1 N–H and O–H groups in total. The van der Waals surface area contributed by atoms with Crippen molar-refractivity contribution in [3.63, 3.8) is 0 Å². The van der Waals surface area contributed by atoms with Gasteiger partial charge in [-0.2, -0.15) is 0 Å². The zero-order chi connectivity index (χ0) is 29.3. The van der Waals surface area contributed by atoms with E-state index in [0.717, 1.165) is 28.0 Å². The van der Waals surface area contributed by atoms with Crippen molar-refractivity contribution in [1.29, 1.82) is 0 Å². The van der Waals surface area contributed by atoms with Crippen LogP contribution in [0, 0.1) is 13.8 Å². The molecule has 0 bridgehead atoms. The van der Waals surface area contributed by atoms with Gasteiger partial charge in [-0.3, -0.25) is 14.5 Å². The molecule has 41 heavy (non-hydrogen) atoms. The highest BCUT2D eigenvalue weighted by molar-refractivity contribution is 8.00. The van der Waals surface area contributed by atoms with Crippen LogP contribution in [0.2, 0.25) is 5.02 Å². The fourth-order valence-electron chi connectivity index (χ4n) is 4.51. The molecule has 208 valence electrons. The molecule has 1 fully saturated rings. The number of aromatic nitrogens is 2. The minimum Gasteiger partial charge on any atom is -0.507 e. The third-order valence-corrected chi connectivity index (χ3v) is 9.12. The lowest BCUT2D eigenvalue weighted by molar-refractivity contribution is -0.132. The van der Waals surface area contributed by atoms with Gasteiger partial charge in [0.15, 0.2) is 4.34 Å². The lowest BCUT2D eigenvalue weighted by Crippen LogP contribution is -2.29. The number of esters is 1. The van der Waals surface area contributed by atoms with Gasteiger partial charge < -0.3 is 9.84 Å². The number of thioether (sulfide) groups is 1. The maximum Gasteiger partial charge on any atom is 0.337 e. The number of halogens is 1. The zero-order valence-electron chi connectivity index (χ0n) is 22.3. The first-order chi connectivity index (χ1) is 19.7. The number of nitrogens with zero attached hydrogens (tertiary/aromatic N) is 3. The number of Topliss-reactive ketones (excluding diaryl/α,β-unsaturated/α-hetero) is 1. The van der Waals surface area contributed by atoms with Gasteiger partial charge in [0.2, 0.25) is 5.13 Å². The molecule has 8 nitrogen and oxygen atoms in total. The van der Waals surface area contributed by atoms with Crippen LogP contribution in [-0.4, -0.2) is 40.1 Å². The van der Waals surface area contributed by atoms with Crippen LogP contribution >= 0.6 is 34.7 Å². The molecule has 1 saturated heterocycles. The Morgan fingerprint density at radius 2 is 1.80 bits per heavy atom. The number of amides is 1. The molecule has 0 spiro atoms. The number of hydrogen-bond acceptors (Lipinski definition) is 9. The maximum atomic E-state index is 13.5. The predicted molar refractivity (Wildman–Crippen MR) is 159 cm³/mol. The Hall–Kier alpha value is -3.99. The third kappa shape index (κ3) is 5.63. The lowest BCUT2D eigenvalue weighted by atomic mass is 9.93. The number of ketones is 1. The van der Waals surface area contributed by atoms with Crippen molar-refractivity contribution in [3.8, 4) is 0 Å². The quantitative estimate of drug-likeness (QED) is 0.0634. The average Bonchev–Trinajstić information content (AvgIpc) is 3.55. The summed E-state index contributed by atoms with van der Waals surface area (Å²) in [5.41, 5.74) is 3.74. The number of anilines is 1. The fourth-order valence-corrected chi connectivity index (χ4v) is 6.67. The second kappa shape index (κ2) is 11.9. The molecule has 1 unspecified atom stereocenters. The Balaban J connectivity index is 1.58. The number of aliphatic hydroxyl groups excluding tert-OH is 1. The SMILES string of the molecule is COC(=O)c1ccc(C2/C(=C(\O)c3cc(C)ccc3C)C(=O)C(=O)N2c2nnc(SCc3ccccc3Cl)s2)cc1. The number of methoxy groups -OCH3 is 1. The van der Waals surface area contributed by atoms with Gasteiger partial charge in [-0.05, 0) is 54.8 Å². The van der Waals surface area contributed by atoms with Gasteiger partial charge >= 0.3 is 11.9 Å². The second-order valence-corrected chi connectivity index (χ2v) is 11.9. The first-order valence-corrected chi connectivity index (χ1v) is 14.6. The highest BCUT2D eigenvalue weighted by atomic mass is 35.5. The number of aliphatic hydroxyl groups is 1. The number of hydrogen-bond donors (Lipinski definition) is 1. The van der Waals surface area contributed by atoms with E-state index in [1.165, 1.54) is 23.8 Å². The zero-order valence-corrected chi connectivity index (χ0v) is 24.6. The maximum absolute atomic E-state index is 13.5. The number of rotatable bonds is 7. The molecule has 11 heteroatoms. The van der Waals surface area contributed by atoms with Gasteiger partial charge in [-0.25, -0.2) is 4.79 Å². The highest BCUT2D eigenvalue weighted by Crippen LogP contribution is 2.44. The van der Waals surface area contributed by atoms with Gasteiger partial charge in [0, 0.05) is 16.3 Å². The molecular weight excluding hydrogens is 582 g/mol. The molecule has 3 aromatic carbocycles. The van der Waals surface area contributed by atoms with Crippen molar-refractivity contribution in [3.05, 3.63) is 111 Å². The first-order valence-electron chi connectivity index (χ1n) is 12.5. The Labute approximate surface area is 249 Å². The number of aryl methyl sites for hydroxylation is 2. The second-order valence-electron chi connectivity index (χ2n) is 9.33. The molecule has 1 aromatic heterocycles. The molecule has 0 saturated carbocycles. The molecule has 5 rings (SSSR count). The number of benzene rings is 3. The summed E-state index contributed by atoms with van der Waals surface area (Å²) in [6.07, 6.45) is 0. The first kappa shape index (κ1) is 28.5. The fraction of sp³-hybridized carbons (Fsp3) is 0.167. The number of carbonyl (C=O) groups is 3. The Bertz CT molecular complexity index is 1700. The van der Waals surface area contributed by atoms with E-state index in [1.54, 1.807) is 30.3 Å². The number of ether oxygens (including phenoxy) is 1. The van der Waals surface area contributed by atoms with Crippen LogP contribution in [0.1, 0.15) is 44.2 Å². The van der Waals surface area contributed by atoms with Gasteiger partial charge in [0.1, 0.15) is 5.76 Å². The third-order valence-electron chi connectivity index (χ3n) is 6.65. The lowest BCUT2D eigenvalue weighted by Gasteiger charge is -2.23. The molecule has 0 aliphatic carbocycles. The van der Waals surface area contributed by atoms with Crippen molar-refractivity contribution >= 4 is 63.3 Å². The van der Waals surface area contributed by atoms with Gasteiger partial charge in [0.25, 0.3) is 5.78 Å². The van der Waals surface area contributed by atoms with Gasteiger partial charge in [-0.1, -0.05) is 82.7 Å². The van der Waals surface area contributed by atoms with E-state index >= 15 is 0 Å². The van der Waals surface area contributed by atoms with Crippen LogP contribution in [0.5, 0.6) is 0 Å². The van der Waals surface area contributed by atoms with Crippen LogP contribution < -0.4 is 4.90 Å². The van der Waals surface area contributed by atoms with Gasteiger partial charge in [0.05, 0.1) is 24.3 Å².